The summed E-state index contributed by atoms with van der Waals surface area (Å²) >= 11 is 0. The molecule has 1 N–H and O–H groups in total. The Kier molecular flexibility index (Phi) is 4.84. The van der Waals surface area contributed by atoms with E-state index in [1.807, 2.05) is 19.1 Å². The lowest BCUT2D eigenvalue weighted by atomic mass is 10.2. The van der Waals surface area contributed by atoms with Crippen LogP contribution in [-0.4, -0.2) is 46.0 Å². The smallest absolute Gasteiger partial charge is 0.119 e. The number of benzene rings is 1. The molecule has 1 aliphatic heterocycles. The van der Waals surface area contributed by atoms with Gasteiger partial charge in [-0.25, -0.2) is 0 Å². The van der Waals surface area contributed by atoms with Crippen molar-refractivity contribution in [2.75, 3.05) is 44.8 Å². The monoisotopic (exact) mass is 250 g/mol. The highest BCUT2D eigenvalue weighted by atomic mass is 16.5. The lowest BCUT2D eigenvalue weighted by molar-refractivity contribution is 0.0717. The van der Waals surface area contributed by atoms with Gasteiger partial charge in [-0.1, -0.05) is 0 Å². The molecule has 18 heavy (non-hydrogen) atoms. The Balaban J connectivity index is 1.88. The van der Waals surface area contributed by atoms with Crippen LogP contribution in [0.4, 0.5) is 5.69 Å². The third-order valence-electron chi connectivity index (χ3n) is 3.21. The minimum Gasteiger partial charge on any atom is -0.491 e. The van der Waals surface area contributed by atoms with Gasteiger partial charge in [0.15, 0.2) is 0 Å². The molecule has 1 saturated heterocycles. The number of anilines is 1. The molecule has 1 aliphatic rings. The number of piperazine rings is 1. The van der Waals surface area contributed by atoms with Crippen molar-refractivity contribution in [3.63, 3.8) is 0 Å². The summed E-state index contributed by atoms with van der Waals surface area (Å²) in [6.45, 7) is 6.84. The van der Waals surface area contributed by atoms with Crippen molar-refractivity contribution in [3.8, 4) is 5.75 Å². The van der Waals surface area contributed by atoms with Crippen molar-refractivity contribution in [3.05, 3.63) is 24.3 Å². The first-order valence-corrected chi connectivity index (χ1v) is 6.51. The average molecular weight is 250 g/mol. The van der Waals surface area contributed by atoms with Gasteiger partial charge in [-0.05, 0) is 31.2 Å². The fourth-order valence-electron chi connectivity index (χ4n) is 1.96. The van der Waals surface area contributed by atoms with Gasteiger partial charge in [-0.3, -0.25) is 0 Å². The van der Waals surface area contributed by atoms with Crippen LogP contribution in [0.3, 0.4) is 0 Å². The Hall–Kier alpha value is -1.26. The van der Waals surface area contributed by atoms with E-state index >= 15 is 0 Å². The number of methoxy groups -OCH3 is 1. The maximum absolute atomic E-state index is 5.65. The van der Waals surface area contributed by atoms with Crippen molar-refractivity contribution >= 4 is 5.69 Å². The number of nitrogens with zero attached hydrogens (tertiary/aromatic N) is 1. The van der Waals surface area contributed by atoms with Gasteiger partial charge in [0.25, 0.3) is 0 Å². The summed E-state index contributed by atoms with van der Waals surface area (Å²) in [4.78, 5) is 2.39. The predicted octanol–water partition coefficient (Wildman–Crippen LogP) is 1.51. The van der Waals surface area contributed by atoms with E-state index in [0.717, 1.165) is 31.9 Å². The maximum atomic E-state index is 5.65. The van der Waals surface area contributed by atoms with Crippen LogP contribution >= 0.6 is 0 Å². The van der Waals surface area contributed by atoms with Gasteiger partial charge in [0.2, 0.25) is 0 Å². The SMILES string of the molecule is COC(C)COc1ccc(N2CCNCC2)cc1. The van der Waals surface area contributed by atoms with E-state index in [-0.39, 0.29) is 6.10 Å². The zero-order chi connectivity index (χ0) is 12.8. The van der Waals surface area contributed by atoms with Crippen LogP contribution in [0.15, 0.2) is 24.3 Å². The molecule has 0 aromatic heterocycles. The third-order valence-corrected chi connectivity index (χ3v) is 3.21. The standard InChI is InChI=1S/C14H22N2O2/c1-12(17-2)11-18-14-5-3-13(4-6-14)16-9-7-15-8-10-16/h3-6,12,15H,7-11H2,1-2H3. The number of hydrogen-bond donors (Lipinski definition) is 1. The Labute approximate surface area is 109 Å². The van der Waals surface area contributed by atoms with Crippen molar-refractivity contribution in [1.29, 1.82) is 0 Å². The molecule has 0 bridgehead atoms. The number of ether oxygens (including phenoxy) is 2. The van der Waals surface area contributed by atoms with Gasteiger partial charge >= 0.3 is 0 Å². The summed E-state index contributed by atoms with van der Waals surface area (Å²) in [5, 5.41) is 3.35. The lowest BCUT2D eigenvalue weighted by Crippen LogP contribution is -2.43. The Morgan fingerprint density at radius 3 is 2.50 bits per heavy atom. The molecule has 0 spiro atoms. The molecule has 2 rings (SSSR count). The van der Waals surface area contributed by atoms with Crippen LogP contribution in [0, 0.1) is 0 Å². The summed E-state index contributed by atoms with van der Waals surface area (Å²) in [6.07, 6.45) is 0.123. The molecule has 0 aliphatic carbocycles. The highest BCUT2D eigenvalue weighted by Gasteiger charge is 2.10. The van der Waals surface area contributed by atoms with Gasteiger partial charge < -0.3 is 19.7 Å². The first-order valence-electron chi connectivity index (χ1n) is 6.51. The van der Waals surface area contributed by atoms with Gasteiger partial charge in [-0.2, -0.15) is 0 Å². The van der Waals surface area contributed by atoms with Crippen molar-refractivity contribution < 1.29 is 9.47 Å². The lowest BCUT2D eigenvalue weighted by Gasteiger charge is -2.29. The summed E-state index contributed by atoms with van der Waals surface area (Å²) in [5.41, 5.74) is 1.27. The molecule has 0 saturated carbocycles. The minimum absolute atomic E-state index is 0.123. The quantitative estimate of drug-likeness (QED) is 0.859. The minimum atomic E-state index is 0.123. The fourth-order valence-corrected chi connectivity index (χ4v) is 1.96. The van der Waals surface area contributed by atoms with Crippen LogP contribution in [0.2, 0.25) is 0 Å². The highest BCUT2D eigenvalue weighted by molar-refractivity contribution is 5.49. The topological polar surface area (TPSA) is 33.7 Å². The Bertz CT molecular complexity index is 347. The van der Waals surface area contributed by atoms with Crippen molar-refractivity contribution in [1.82, 2.24) is 5.32 Å². The Morgan fingerprint density at radius 2 is 1.89 bits per heavy atom. The van der Waals surface area contributed by atoms with Crippen LogP contribution in [0.25, 0.3) is 0 Å². The molecule has 100 valence electrons. The van der Waals surface area contributed by atoms with Crippen LogP contribution in [0.5, 0.6) is 5.75 Å². The molecule has 1 heterocycles. The van der Waals surface area contributed by atoms with Crippen molar-refractivity contribution in [2.24, 2.45) is 0 Å². The van der Waals surface area contributed by atoms with E-state index in [2.05, 4.69) is 22.3 Å². The fraction of sp³-hybridized carbons (Fsp3) is 0.571. The first kappa shape index (κ1) is 13.2. The molecule has 0 radical (unpaired) electrons. The first-order chi connectivity index (χ1) is 8.79. The highest BCUT2D eigenvalue weighted by Crippen LogP contribution is 2.19. The van der Waals surface area contributed by atoms with Crippen LogP contribution in [0.1, 0.15) is 6.92 Å². The molecule has 4 heteroatoms. The number of rotatable bonds is 5. The average Bonchev–Trinajstić information content (AvgIpc) is 2.46. The van der Waals surface area contributed by atoms with E-state index < -0.39 is 0 Å². The molecule has 1 aromatic rings. The largest absolute Gasteiger partial charge is 0.491 e. The second-order valence-corrected chi connectivity index (χ2v) is 4.59. The summed E-state index contributed by atoms with van der Waals surface area (Å²) in [6, 6.07) is 8.30. The van der Waals surface area contributed by atoms with Crippen LogP contribution in [-0.2, 0) is 4.74 Å². The molecule has 1 aromatic carbocycles. The number of hydrogen-bond acceptors (Lipinski definition) is 4. The molecule has 0 amide bonds. The summed E-state index contributed by atoms with van der Waals surface area (Å²) < 4.78 is 10.8. The molecular weight excluding hydrogens is 228 g/mol. The molecule has 1 fully saturated rings. The molecule has 4 nitrogen and oxygen atoms in total. The van der Waals surface area contributed by atoms with E-state index in [1.54, 1.807) is 7.11 Å². The zero-order valence-electron chi connectivity index (χ0n) is 11.2. The van der Waals surface area contributed by atoms with E-state index in [1.165, 1.54) is 5.69 Å². The molecular formula is C14H22N2O2. The van der Waals surface area contributed by atoms with Gasteiger partial charge in [-0.15, -0.1) is 0 Å². The normalized spacial score (nSPS) is 17.6. The maximum Gasteiger partial charge on any atom is 0.119 e. The van der Waals surface area contributed by atoms with Gasteiger partial charge in [0.1, 0.15) is 12.4 Å². The molecule has 1 unspecified atom stereocenters. The van der Waals surface area contributed by atoms with Crippen LogP contribution < -0.4 is 15.0 Å². The van der Waals surface area contributed by atoms with E-state index in [4.69, 9.17) is 9.47 Å². The molecule has 1 atom stereocenters. The predicted molar refractivity (Wildman–Crippen MR) is 73.5 cm³/mol. The second kappa shape index (κ2) is 6.61. The van der Waals surface area contributed by atoms with E-state index in [0.29, 0.717) is 6.61 Å². The third kappa shape index (κ3) is 3.62. The summed E-state index contributed by atoms with van der Waals surface area (Å²) in [7, 11) is 1.70. The van der Waals surface area contributed by atoms with Crippen molar-refractivity contribution in [2.45, 2.75) is 13.0 Å². The Morgan fingerprint density at radius 1 is 1.22 bits per heavy atom. The van der Waals surface area contributed by atoms with Gasteiger partial charge in [0, 0.05) is 39.0 Å². The zero-order valence-corrected chi connectivity index (χ0v) is 11.2. The number of nitrogens with one attached hydrogen (secondary N) is 1. The second-order valence-electron chi connectivity index (χ2n) is 4.59. The van der Waals surface area contributed by atoms with E-state index in [9.17, 15) is 0 Å². The summed E-state index contributed by atoms with van der Waals surface area (Å²) in [5.74, 6) is 0.901. The van der Waals surface area contributed by atoms with Gasteiger partial charge in [0.05, 0.1) is 6.10 Å².